The lowest BCUT2D eigenvalue weighted by atomic mass is 9.99. The van der Waals surface area contributed by atoms with Crippen LogP contribution in [0.25, 0.3) is 0 Å². The van der Waals surface area contributed by atoms with Crippen molar-refractivity contribution in [3.05, 3.63) is 11.9 Å². The summed E-state index contributed by atoms with van der Waals surface area (Å²) in [6.07, 6.45) is 1.91. The molecule has 0 spiro atoms. The smallest absolute Gasteiger partial charge is 0.248 e. The number of rotatable bonds is 4. The van der Waals surface area contributed by atoms with Gasteiger partial charge in [0.15, 0.2) is 5.78 Å². The van der Waals surface area contributed by atoms with Crippen LogP contribution in [0.2, 0.25) is 0 Å². The van der Waals surface area contributed by atoms with E-state index in [1.807, 2.05) is 0 Å². The molecule has 5 nitrogen and oxygen atoms in total. The maximum atomic E-state index is 13.1. The van der Waals surface area contributed by atoms with Crippen LogP contribution in [0.1, 0.15) is 42.2 Å². The summed E-state index contributed by atoms with van der Waals surface area (Å²) in [6, 6.07) is 0.255. The van der Waals surface area contributed by atoms with Gasteiger partial charge >= 0.3 is 0 Å². The Bertz CT molecular complexity index is 484. The normalized spacial score (nSPS) is 26.3. The van der Waals surface area contributed by atoms with Gasteiger partial charge in [0.25, 0.3) is 0 Å². The summed E-state index contributed by atoms with van der Waals surface area (Å²) in [5, 5.41) is 10.9. The van der Waals surface area contributed by atoms with E-state index in [0.29, 0.717) is 12.1 Å². The lowest BCUT2D eigenvalue weighted by Gasteiger charge is -2.26. The molecule has 1 aromatic heterocycles. The highest BCUT2D eigenvalue weighted by atomic mass is 19.3. The first-order chi connectivity index (χ1) is 9.03. The van der Waals surface area contributed by atoms with E-state index in [1.54, 1.807) is 10.9 Å². The SMILES string of the molecule is O=C(CC1CCC(F)(F)C1)c1cn(C2CNC2)nn1. The number of hydrogen-bond donors (Lipinski definition) is 1. The lowest BCUT2D eigenvalue weighted by molar-refractivity contribution is 0.00497. The fraction of sp³-hybridized carbons (Fsp3) is 0.750. The summed E-state index contributed by atoms with van der Waals surface area (Å²) in [7, 11) is 0. The molecule has 0 bridgehead atoms. The molecule has 1 saturated heterocycles. The molecule has 3 rings (SSSR count). The van der Waals surface area contributed by atoms with Crippen LogP contribution in [0.3, 0.4) is 0 Å². The molecule has 0 amide bonds. The second-order valence-corrected chi connectivity index (χ2v) is 5.49. The van der Waals surface area contributed by atoms with Gasteiger partial charge in [-0.2, -0.15) is 0 Å². The van der Waals surface area contributed by atoms with Crippen LogP contribution in [0.4, 0.5) is 8.78 Å². The van der Waals surface area contributed by atoms with Crippen molar-refractivity contribution in [1.29, 1.82) is 0 Å². The quantitative estimate of drug-likeness (QED) is 0.841. The van der Waals surface area contributed by atoms with Crippen LogP contribution in [0.15, 0.2) is 6.20 Å². The van der Waals surface area contributed by atoms with Crippen LogP contribution >= 0.6 is 0 Å². The highest BCUT2D eigenvalue weighted by molar-refractivity contribution is 5.94. The molecule has 1 aliphatic heterocycles. The molecule has 2 fully saturated rings. The summed E-state index contributed by atoms with van der Waals surface area (Å²) in [6.45, 7) is 1.65. The Morgan fingerprint density at radius 2 is 2.32 bits per heavy atom. The standard InChI is InChI=1S/C12H16F2N4O/c13-12(14)2-1-8(4-12)3-11(19)10-7-18(17-16-10)9-5-15-6-9/h7-9,15H,1-6H2. The van der Waals surface area contributed by atoms with Gasteiger partial charge in [-0.1, -0.05) is 5.21 Å². The summed E-state index contributed by atoms with van der Waals surface area (Å²) in [4.78, 5) is 12.0. The van der Waals surface area contributed by atoms with Crippen LogP contribution in [-0.2, 0) is 0 Å². The average Bonchev–Trinajstić information content (AvgIpc) is 2.83. The molecule has 19 heavy (non-hydrogen) atoms. The molecule has 1 unspecified atom stereocenters. The molecule has 1 N–H and O–H groups in total. The molecular formula is C12H16F2N4O. The fourth-order valence-electron chi connectivity index (χ4n) is 2.63. The van der Waals surface area contributed by atoms with Crippen molar-refractivity contribution in [2.75, 3.05) is 13.1 Å². The summed E-state index contributed by atoms with van der Waals surface area (Å²) in [5.41, 5.74) is 0.294. The maximum absolute atomic E-state index is 13.1. The number of nitrogens with zero attached hydrogens (tertiary/aromatic N) is 3. The Labute approximate surface area is 109 Å². The molecule has 2 aliphatic rings. The Kier molecular flexibility index (Phi) is 3.08. The number of carbonyl (C=O) groups is 1. The third-order valence-corrected chi connectivity index (χ3v) is 3.91. The van der Waals surface area contributed by atoms with E-state index in [1.165, 1.54) is 0 Å². The van der Waals surface area contributed by atoms with E-state index in [9.17, 15) is 13.6 Å². The van der Waals surface area contributed by atoms with Crippen molar-refractivity contribution < 1.29 is 13.6 Å². The number of ketones is 1. The second-order valence-electron chi connectivity index (χ2n) is 5.49. The minimum atomic E-state index is -2.60. The van der Waals surface area contributed by atoms with Gasteiger partial charge in [-0.15, -0.1) is 5.10 Å². The van der Waals surface area contributed by atoms with Gasteiger partial charge in [-0.25, -0.2) is 13.5 Å². The van der Waals surface area contributed by atoms with E-state index >= 15 is 0 Å². The van der Waals surface area contributed by atoms with Gasteiger partial charge in [0, 0.05) is 32.4 Å². The van der Waals surface area contributed by atoms with Gasteiger partial charge in [0.1, 0.15) is 5.69 Å². The van der Waals surface area contributed by atoms with Gasteiger partial charge in [-0.05, 0) is 12.3 Å². The molecule has 0 radical (unpaired) electrons. The van der Waals surface area contributed by atoms with Crippen LogP contribution < -0.4 is 5.32 Å². The average molecular weight is 270 g/mol. The van der Waals surface area contributed by atoms with E-state index in [0.717, 1.165) is 13.1 Å². The number of alkyl halides is 2. The monoisotopic (exact) mass is 270 g/mol. The number of hydrogen-bond acceptors (Lipinski definition) is 4. The molecule has 7 heteroatoms. The number of nitrogens with one attached hydrogen (secondary N) is 1. The van der Waals surface area contributed by atoms with Crippen LogP contribution in [-0.4, -0.2) is 39.8 Å². The molecular weight excluding hydrogens is 254 g/mol. The number of aromatic nitrogens is 3. The van der Waals surface area contributed by atoms with E-state index in [-0.39, 0.29) is 37.0 Å². The van der Waals surface area contributed by atoms with Gasteiger partial charge in [0.05, 0.1) is 12.2 Å². The topological polar surface area (TPSA) is 59.8 Å². The van der Waals surface area contributed by atoms with E-state index < -0.39 is 5.92 Å². The lowest BCUT2D eigenvalue weighted by Crippen LogP contribution is -2.43. The maximum Gasteiger partial charge on any atom is 0.248 e. The Balaban J connectivity index is 1.59. The first kappa shape index (κ1) is 12.7. The second kappa shape index (κ2) is 4.63. The van der Waals surface area contributed by atoms with Crippen LogP contribution in [0.5, 0.6) is 0 Å². The minimum Gasteiger partial charge on any atom is -0.312 e. The molecule has 1 aliphatic carbocycles. The zero-order valence-corrected chi connectivity index (χ0v) is 10.5. The first-order valence-corrected chi connectivity index (χ1v) is 6.57. The van der Waals surface area contributed by atoms with Crippen LogP contribution in [0, 0.1) is 5.92 Å². The highest BCUT2D eigenvalue weighted by Crippen LogP contribution is 2.40. The molecule has 0 aromatic carbocycles. The zero-order valence-electron chi connectivity index (χ0n) is 10.5. The molecule has 104 valence electrons. The largest absolute Gasteiger partial charge is 0.312 e. The van der Waals surface area contributed by atoms with Crippen molar-refractivity contribution in [1.82, 2.24) is 20.3 Å². The van der Waals surface area contributed by atoms with Crippen molar-refractivity contribution >= 4 is 5.78 Å². The molecule has 1 aromatic rings. The zero-order chi connectivity index (χ0) is 13.5. The Hall–Kier alpha value is -1.37. The third-order valence-electron chi connectivity index (χ3n) is 3.91. The predicted octanol–water partition coefficient (Wildman–Crippen LogP) is 1.43. The van der Waals surface area contributed by atoms with Gasteiger partial charge < -0.3 is 5.32 Å². The molecule has 1 atom stereocenters. The van der Waals surface area contributed by atoms with Crippen molar-refractivity contribution in [2.24, 2.45) is 5.92 Å². The predicted molar refractivity (Wildman–Crippen MR) is 63.2 cm³/mol. The third kappa shape index (κ3) is 2.65. The summed E-state index contributed by atoms with van der Waals surface area (Å²) < 4.78 is 27.8. The first-order valence-electron chi connectivity index (χ1n) is 6.57. The Morgan fingerprint density at radius 3 is 2.89 bits per heavy atom. The van der Waals surface area contributed by atoms with Crippen molar-refractivity contribution in [2.45, 2.75) is 37.6 Å². The minimum absolute atomic E-state index is 0.106. The Morgan fingerprint density at radius 1 is 1.53 bits per heavy atom. The highest BCUT2D eigenvalue weighted by Gasteiger charge is 2.40. The number of Topliss-reactive ketones (excluding diaryl/α,β-unsaturated/α-hetero) is 1. The van der Waals surface area contributed by atoms with Crippen molar-refractivity contribution in [3.63, 3.8) is 0 Å². The van der Waals surface area contributed by atoms with E-state index in [4.69, 9.17) is 0 Å². The number of halogens is 2. The summed E-state index contributed by atoms with van der Waals surface area (Å²) >= 11 is 0. The van der Waals surface area contributed by atoms with E-state index in [2.05, 4.69) is 15.6 Å². The number of carbonyl (C=O) groups excluding carboxylic acids is 1. The van der Waals surface area contributed by atoms with Gasteiger partial charge in [-0.3, -0.25) is 4.79 Å². The molecule has 1 saturated carbocycles. The van der Waals surface area contributed by atoms with Crippen molar-refractivity contribution in [3.8, 4) is 0 Å². The summed E-state index contributed by atoms with van der Waals surface area (Å²) in [5.74, 6) is -3.00. The fourth-order valence-corrected chi connectivity index (χ4v) is 2.63. The van der Waals surface area contributed by atoms with Gasteiger partial charge in [0.2, 0.25) is 5.92 Å². The molecule has 2 heterocycles.